The van der Waals surface area contributed by atoms with Crippen molar-refractivity contribution in [2.75, 3.05) is 0 Å². The van der Waals surface area contributed by atoms with E-state index in [2.05, 4.69) is 15.5 Å². The van der Waals surface area contributed by atoms with Gasteiger partial charge in [0.2, 0.25) is 11.8 Å². The van der Waals surface area contributed by atoms with Crippen LogP contribution in [0.3, 0.4) is 0 Å². The van der Waals surface area contributed by atoms with E-state index >= 15 is 0 Å². The Hall–Kier alpha value is -1.39. The van der Waals surface area contributed by atoms with Crippen LogP contribution in [0.15, 0.2) is 4.52 Å². The molecule has 1 N–H and O–H groups in total. The molecule has 0 spiro atoms. The van der Waals surface area contributed by atoms with Gasteiger partial charge in [0.15, 0.2) is 5.82 Å². The molecule has 0 aliphatic heterocycles. The fraction of sp³-hybridized carbons (Fsp3) is 0.833. The van der Waals surface area contributed by atoms with Gasteiger partial charge in [-0.3, -0.25) is 4.79 Å². The van der Waals surface area contributed by atoms with Crippen molar-refractivity contribution in [2.24, 2.45) is 11.8 Å². The number of nitrogens with zero attached hydrogens (tertiary/aromatic N) is 2. The number of carbonyl (C=O) groups is 1. The van der Waals surface area contributed by atoms with Gasteiger partial charge in [0.05, 0.1) is 0 Å². The van der Waals surface area contributed by atoms with E-state index in [0.29, 0.717) is 30.7 Å². The first-order valence-corrected chi connectivity index (χ1v) is 9.40. The predicted octanol–water partition coefficient (Wildman–Crippen LogP) is 3.35. The third kappa shape index (κ3) is 4.12. The summed E-state index contributed by atoms with van der Waals surface area (Å²) < 4.78 is 5.25. The van der Waals surface area contributed by atoms with Gasteiger partial charge in [-0.05, 0) is 56.8 Å². The Labute approximate surface area is 137 Å². The molecule has 23 heavy (non-hydrogen) atoms. The van der Waals surface area contributed by atoms with Crippen LogP contribution < -0.4 is 5.32 Å². The molecule has 3 aliphatic carbocycles. The van der Waals surface area contributed by atoms with Crippen LogP contribution in [0.2, 0.25) is 0 Å². The monoisotopic (exact) mass is 317 g/mol. The van der Waals surface area contributed by atoms with Gasteiger partial charge in [-0.15, -0.1) is 0 Å². The molecule has 2 atom stereocenters. The highest BCUT2D eigenvalue weighted by molar-refractivity contribution is 5.76. The topological polar surface area (TPSA) is 68.0 Å². The van der Waals surface area contributed by atoms with E-state index in [9.17, 15) is 4.79 Å². The third-order valence-electron chi connectivity index (χ3n) is 5.59. The molecule has 5 heteroatoms. The number of amides is 1. The van der Waals surface area contributed by atoms with Crippen molar-refractivity contribution < 1.29 is 9.32 Å². The quantitative estimate of drug-likeness (QED) is 0.837. The van der Waals surface area contributed by atoms with Gasteiger partial charge in [0, 0.05) is 24.8 Å². The van der Waals surface area contributed by atoms with Crippen molar-refractivity contribution in [3.05, 3.63) is 11.7 Å². The number of hydrogen-bond donors (Lipinski definition) is 1. The fourth-order valence-electron chi connectivity index (χ4n) is 3.93. The van der Waals surface area contributed by atoms with Gasteiger partial charge in [-0.2, -0.15) is 4.98 Å². The molecular formula is C18H27N3O2. The third-order valence-corrected chi connectivity index (χ3v) is 5.59. The lowest BCUT2D eigenvalue weighted by Gasteiger charge is -2.29. The summed E-state index contributed by atoms with van der Waals surface area (Å²) in [4.78, 5) is 16.6. The van der Waals surface area contributed by atoms with E-state index in [-0.39, 0.29) is 5.91 Å². The van der Waals surface area contributed by atoms with Crippen molar-refractivity contribution in [2.45, 2.75) is 82.6 Å². The summed E-state index contributed by atoms with van der Waals surface area (Å²) in [5.74, 6) is 4.10. The molecule has 1 amide bonds. The number of nitrogens with one attached hydrogen (secondary N) is 1. The first-order chi connectivity index (χ1) is 11.3. The largest absolute Gasteiger partial charge is 0.353 e. The van der Waals surface area contributed by atoms with Crippen LogP contribution in [0.5, 0.6) is 0 Å². The Kier molecular flexibility index (Phi) is 4.36. The van der Waals surface area contributed by atoms with E-state index in [1.54, 1.807) is 0 Å². The first kappa shape index (κ1) is 15.2. The van der Waals surface area contributed by atoms with Crippen molar-refractivity contribution in [1.82, 2.24) is 15.5 Å². The van der Waals surface area contributed by atoms with E-state index in [4.69, 9.17) is 4.52 Å². The number of aromatic nitrogens is 2. The molecule has 0 saturated heterocycles. The Morgan fingerprint density at radius 1 is 1.13 bits per heavy atom. The smallest absolute Gasteiger partial charge is 0.226 e. The Morgan fingerprint density at radius 3 is 2.78 bits per heavy atom. The minimum Gasteiger partial charge on any atom is -0.353 e. The zero-order valence-electron chi connectivity index (χ0n) is 13.8. The SMILES string of the molecule is O=C(CCCc1nc(C2CC2)no1)N[C@@H]1CCC[C@@H](C2CC2)C1. The maximum absolute atomic E-state index is 12.1. The number of hydrogen-bond acceptors (Lipinski definition) is 4. The molecule has 0 unspecified atom stereocenters. The van der Waals surface area contributed by atoms with Crippen molar-refractivity contribution in [1.29, 1.82) is 0 Å². The molecule has 1 aromatic rings. The number of aryl methyl sites for hydroxylation is 1. The molecule has 1 heterocycles. The molecule has 126 valence electrons. The van der Waals surface area contributed by atoms with Gasteiger partial charge in [0.25, 0.3) is 0 Å². The second-order valence-corrected chi connectivity index (χ2v) is 7.70. The number of rotatable bonds is 7. The summed E-state index contributed by atoms with van der Waals surface area (Å²) in [7, 11) is 0. The van der Waals surface area contributed by atoms with Crippen LogP contribution in [0.1, 0.15) is 81.8 Å². The average molecular weight is 317 g/mol. The van der Waals surface area contributed by atoms with Crippen LogP contribution in [0.4, 0.5) is 0 Å². The fourth-order valence-corrected chi connectivity index (χ4v) is 3.93. The summed E-state index contributed by atoms with van der Waals surface area (Å²) in [5, 5.41) is 7.26. The standard InChI is InChI=1S/C18H27N3O2/c22-16(19-15-4-1-3-14(11-15)12-7-8-12)5-2-6-17-20-18(21-23-17)13-9-10-13/h12-15H,1-11H2,(H,19,22)/t14-,15-/m1/s1. The van der Waals surface area contributed by atoms with E-state index < -0.39 is 0 Å². The molecule has 0 radical (unpaired) electrons. The van der Waals surface area contributed by atoms with Crippen LogP contribution in [0, 0.1) is 11.8 Å². The highest BCUT2D eigenvalue weighted by atomic mass is 16.5. The Balaban J connectivity index is 1.16. The van der Waals surface area contributed by atoms with Crippen molar-refractivity contribution >= 4 is 5.91 Å². The second-order valence-electron chi connectivity index (χ2n) is 7.70. The van der Waals surface area contributed by atoms with Crippen molar-refractivity contribution in [3.8, 4) is 0 Å². The molecule has 3 aliphatic rings. The molecule has 4 rings (SSSR count). The van der Waals surface area contributed by atoms with Crippen LogP contribution >= 0.6 is 0 Å². The minimum absolute atomic E-state index is 0.188. The zero-order chi connectivity index (χ0) is 15.6. The average Bonchev–Trinajstić information content (AvgIpc) is 3.46. The summed E-state index contributed by atoms with van der Waals surface area (Å²) in [6, 6.07) is 0.409. The number of carbonyl (C=O) groups excluding carboxylic acids is 1. The molecule has 1 aromatic heterocycles. The van der Waals surface area contributed by atoms with E-state index in [0.717, 1.165) is 30.5 Å². The second kappa shape index (κ2) is 6.62. The van der Waals surface area contributed by atoms with Gasteiger partial charge in [-0.25, -0.2) is 0 Å². The molecule has 3 fully saturated rings. The van der Waals surface area contributed by atoms with E-state index in [1.807, 2.05) is 0 Å². The predicted molar refractivity (Wildman–Crippen MR) is 85.8 cm³/mol. The Bertz CT molecular complexity index is 548. The summed E-state index contributed by atoms with van der Waals surface area (Å²) in [6.45, 7) is 0. The van der Waals surface area contributed by atoms with Gasteiger partial charge in [-0.1, -0.05) is 18.0 Å². The first-order valence-electron chi connectivity index (χ1n) is 9.40. The normalized spacial score (nSPS) is 27.8. The minimum atomic E-state index is 0.188. The van der Waals surface area contributed by atoms with Crippen LogP contribution in [0.25, 0.3) is 0 Å². The summed E-state index contributed by atoms with van der Waals surface area (Å²) in [5.41, 5.74) is 0. The van der Waals surface area contributed by atoms with Gasteiger partial charge in [0.1, 0.15) is 0 Å². The van der Waals surface area contributed by atoms with Crippen LogP contribution in [-0.2, 0) is 11.2 Å². The van der Waals surface area contributed by atoms with Crippen LogP contribution in [-0.4, -0.2) is 22.1 Å². The lowest BCUT2D eigenvalue weighted by atomic mass is 9.82. The highest BCUT2D eigenvalue weighted by Crippen LogP contribution is 2.43. The maximum atomic E-state index is 12.1. The molecule has 3 saturated carbocycles. The summed E-state index contributed by atoms with van der Waals surface area (Å²) >= 11 is 0. The molecule has 0 bridgehead atoms. The lowest BCUT2D eigenvalue weighted by Crippen LogP contribution is -2.38. The lowest BCUT2D eigenvalue weighted by molar-refractivity contribution is -0.122. The van der Waals surface area contributed by atoms with Gasteiger partial charge >= 0.3 is 0 Å². The summed E-state index contributed by atoms with van der Waals surface area (Å²) in [6.07, 6.45) is 12.3. The maximum Gasteiger partial charge on any atom is 0.226 e. The molecular weight excluding hydrogens is 290 g/mol. The Morgan fingerprint density at radius 2 is 2.00 bits per heavy atom. The zero-order valence-corrected chi connectivity index (χ0v) is 13.8. The van der Waals surface area contributed by atoms with E-state index in [1.165, 1.54) is 44.9 Å². The van der Waals surface area contributed by atoms with Crippen molar-refractivity contribution in [3.63, 3.8) is 0 Å². The highest BCUT2D eigenvalue weighted by Gasteiger charge is 2.35. The molecule has 0 aromatic carbocycles. The van der Waals surface area contributed by atoms with Gasteiger partial charge < -0.3 is 9.84 Å². The molecule has 5 nitrogen and oxygen atoms in total.